The van der Waals surface area contributed by atoms with E-state index in [9.17, 15) is 13.2 Å². The highest BCUT2D eigenvalue weighted by atomic mass is 79.9. The molecule has 1 unspecified atom stereocenters. The molecule has 0 aromatic carbocycles. The molecule has 2 aliphatic heterocycles. The first-order valence-corrected chi connectivity index (χ1v) is 6.48. The van der Waals surface area contributed by atoms with Gasteiger partial charge in [-0.2, -0.15) is 13.2 Å². The van der Waals surface area contributed by atoms with Gasteiger partial charge in [0.25, 0.3) is 0 Å². The molecule has 0 aromatic heterocycles. The molecule has 94 valence electrons. The minimum atomic E-state index is -4.17. The van der Waals surface area contributed by atoms with E-state index < -0.39 is 12.6 Å². The molecule has 3 nitrogen and oxygen atoms in total. The van der Waals surface area contributed by atoms with Gasteiger partial charge in [0.05, 0.1) is 6.42 Å². The summed E-state index contributed by atoms with van der Waals surface area (Å²) in [6.45, 7) is -0.149. The Labute approximate surface area is 113 Å². The maximum absolute atomic E-state index is 12.2. The average Bonchev–Trinajstić information content (AvgIpc) is 2.58. The predicted molar refractivity (Wildman–Crippen MR) is 65.5 cm³/mol. The Kier molecular flexibility index (Phi) is 3.53. The summed E-state index contributed by atoms with van der Waals surface area (Å²) in [6, 6.07) is 0. The monoisotopic (exact) mass is 373 g/mol. The third kappa shape index (κ3) is 2.85. The minimum absolute atomic E-state index is 0.149. The van der Waals surface area contributed by atoms with E-state index in [4.69, 9.17) is 0 Å². The topological polar surface area (TPSA) is 18.8 Å². The van der Waals surface area contributed by atoms with E-state index in [1.54, 1.807) is 23.4 Å². The third-order valence-corrected chi connectivity index (χ3v) is 3.58. The minimum Gasteiger partial charge on any atom is -0.275 e. The van der Waals surface area contributed by atoms with Gasteiger partial charge in [-0.3, -0.25) is 5.01 Å². The van der Waals surface area contributed by atoms with Crippen LogP contribution in [0.5, 0.6) is 0 Å². The van der Waals surface area contributed by atoms with Gasteiger partial charge in [-0.1, -0.05) is 15.9 Å². The number of fused-ring (bicyclic) bond motifs is 1. The van der Waals surface area contributed by atoms with Crippen LogP contribution in [0.4, 0.5) is 13.2 Å². The second-order valence-corrected chi connectivity index (χ2v) is 5.25. The molecule has 0 N–H and O–H groups in total. The Morgan fingerprint density at radius 2 is 2.06 bits per heavy atom. The Morgan fingerprint density at radius 1 is 1.35 bits per heavy atom. The van der Waals surface area contributed by atoms with Gasteiger partial charge in [0.1, 0.15) is 15.4 Å². The van der Waals surface area contributed by atoms with Crippen molar-refractivity contribution in [3.05, 3.63) is 22.6 Å². The van der Waals surface area contributed by atoms with Crippen LogP contribution in [0.1, 0.15) is 6.42 Å². The summed E-state index contributed by atoms with van der Waals surface area (Å²) in [5.74, 6) is 0.622. The van der Waals surface area contributed by atoms with Crippen molar-refractivity contribution in [2.24, 2.45) is 4.99 Å². The van der Waals surface area contributed by atoms with E-state index in [0.717, 1.165) is 0 Å². The molecule has 2 heterocycles. The summed E-state index contributed by atoms with van der Waals surface area (Å²) in [7, 11) is 0. The molecule has 0 saturated carbocycles. The first kappa shape index (κ1) is 12.9. The van der Waals surface area contributed by atoms with Crippen LogP contribution in [0, 0.1) is 0 Å². The molecule has 0 radical (unpaired) electrons. The maximum Gasteiger partial charge on any atom is 0.390 e. The number of alkyl halides is 4. The fraction of sp³-hybridized carbons (Fsp3) is 0.444. The van der Waals surface area contributed by atoms with E-state index in [1.807, 2.05) is 0 Å². The molecule has 0 saturated heterocycles. The van der Waals surface area contributed by atoms with Gasteiger partial charge < -0.3 is 0 Å². The van der Waals surface area contributed by atoms with Gasteiger partial charge in [-0.05, 0) is 28.1 Å². The molecule has 0 spiro atoms. The Morgan fingerprint density at radius 3 is 2.71 bits per heavy atom. The summed E-state index contributed by atoms with van der Waals surface area (Å²) < 4.78 is 37.3. The first-order valence-electron chi connectivity index (χ1n) is 4.78. The van der Waals surface area contributed by atoms with E-state index >= 15 is 0 Å². The molecule has 2 rings (SSSR count). The number of allylic oxidation sites excluding steroid dienone is 2. The lowest BCUT2D eigenvalue weighted by atomic mass is 10.3. The van der Waals surface area contributed by atoms with Crippen molar-refractivity contribution in [1.82, 2.24) is 10.0 Å². The summed E-state index contributed by atoms with van der Waals surface area (Å²) in [5, 5.41) is 3.17. The van der Waals surface area contributed by atoms with Crippen LogP contribution in [0.25, 0.3) is 0 Å². The van der Waals surface area contributed by atoms with Gasteiger partial charge in [0.2, 0.25) is 0 Å². The van der Waals surface area contributed by atoms with Crippen LogP contribution < -0.4 is 0 Å². The first-order chi connectivity index (χ1) is 7.88. The molecule has 0 fully saturated rings. The quantitative estimate of drug-likeness (QED) is 0.545. The second-order valence-electron chi connectivity index (χ2n) is 3.50. The summed E-state index contributed by atoms with van der Waals surface area (Å²) >= 11 is 6.58. The number of hydrogen-bond donors (Lipinski definition) is 0. The average molecular weight is 375 g/mol. The van der Waals surface area contributed by atoms with Crippen molar-refractivity contribution in [1.29, 1.82) is 0 Å². The SMILES string of the molecule is FC(F)(F)CCN1C(Br)=CC=C2N=CC(Br)N21. The molecule has 0 bridgehead atoms. The Bertz CT molecular complexity index is 403. The number of nitrogens with zero attached hydrogens (tertiary/aromatic N) is 3. The maximum atomic E-state index is 12.2. The molecule has 17 heavy (non-hydrogen) atoms. The molecule has 2 aliphatic rings. The van der Waals surface area contributed by atoms with Crippen LogP contribution in [0.3, 0.4) is 0 Å². The summed E-state index contributed by atoms with van der Waals surface area (Å²) in [4.78, 5) is 3.88. The van der Waals surface area contributed by atoms with Crippen molar-refractivity contribution in [3.63, 3.8) is 0 Å². The van der Waals surface area contributed by atoms with Crippen LogP contribution in [0.2, 0.25) is 0 Å². The van der Waals surface area contributed by atoms with Crippen LogP contribution in [-0.4, -0.2) is 33.9 Å². The van der Waals surface area contributed by atoms with Crippen LogP contribution >= 0.6 is 31.9 Å². The Hall–Kier alpha value is -0.500. The normalized spacial score (nSPS) is 23.7. The highest BCUT2D eigenvalue weighted by molar-refractivity contribution is 9.11. The number of hydrogen-bond acceptors (Lipinski definition) is 3. The van der Waals surface area contributed by atoms with E-state index in [2.05, 4.69) is 36.9 Å². The number of halogens is 5. The fourth-order valence-electron chi connectivity index (χ4n) is 1.54. The van der Waals surface area contributed by atoms with Crippen LogP contribution in [0.15, 0.2) is 27.6 Å². The lowest BCUT2D eigenvalue weighted by Gasteiger charge is -2.38. The smallest absolute Gasteiger partial charge is 0.275 e. The van der Waals surface area contributed by atoms with Crippen molar-refractivity contribution in [2.75, 3.05) is 6.54 Å². The standard InChI is InChI=1S/C9H8Br2F3N3/c10-6-1-2-8-15-5-7(11)17(8)16(6)4-3-9(12,13)14/h1-2,5,7H,3-4H2. The molecular formula is C9H8Br2F3N3. The molecule has 8 heteroatoms. The van der Waals surface area contributed by atoms with Crippen molar-refractivity contribution < 1.29 is 13.2 Å². The van der Waals surface area contributed by atoms with E-state index in [-0.39, 0.29) is 11.5 Å². The predicted octanol–water partition coefficient (Wildman–Crippen LogP) is 3.35. The molecule has 0 aliphatic carbocycles. The fourth-order valence-corrected chi connectivity index (χ4v) is 2.57. The lowest BCUT2D eigenvalue weighted by Crippen LogP contribution is -2.44. The van der Waals surface area contributed by atoms with Gasteiger partial charge in [0, 0.05) is 12.8 Å². The number of rotatable bonds is 2. The van der Waals surface area contributed by atoms with Crippen molar-refractivity contribution in [3.8, 4) is 0 Å². The zero-order valence-corrected chi connectivity index (χ0v) is 11.6. The second kappa shape index (κ2) is 4.64. The van der Waals surface area contributed by atoms with Crippen molar-refractivity contribution in [2.45, 2.75) is 17.5 Å². The van der Waals surface area contributed by atoms with E-state index in [1.165, 1.54) is 5.01 Å². The highest BCUT2D eigenvalue weighted by Gasteiger charge is 2.34. The zero-order valence-electron chi connectivity index (χ0n) is 8.46. The Balaban J connectivity index is 2.11. The molecular weight excluding hydrogens is 367 g/mol. The van der Waals surface area contributed by atoms with Crippen LogP contribution in [-0.2, 0) is 0 Å². The number of aliphatic imine (C=N–C) groups is 1. The van der Waals surface area contributed by atoms with Gasteiger partial charge in [-0.15, -0.1) is 0 Å². The zero-order chi connectivity index (χ0) is 12.6. The lowest BCUT2D eigenvalue weighted by molar-refractivity contribution is -0.142. The van der Waals surface area contributed by atoms with Gasteiger partial charge >= 0.3 is 6.18 Å². The van der Waals surface area contributed by atoms with Gasteiger partial charge in [0.15, 0.2) is 0 Å². The molecule has 0 amide bonds. The van der Waals surface area contributed by atoms with Gasteiger partial charge in [-0.25, -0.2) is 10.0 Å². The largest absolute Gasteiger partial charge is 0.390 e. The van der Waals surface area contributed by atoms with Crippen molar-refractivity contribution >= 4 is 38.1 Å². The molecule has 0 aromatic rings. The van der Waals surface area contributed by atoms with E-state index in [0.29, 0.717) is 10.4 Å². The molecule has 1 atom stereocenters. The third-order valence-electron chi connectivity index (χ3n) is 2.28. The summed E-state index contributed by atoms with van der Waals surface area (Å²) in [6.07, 6.45) is 0.0127. The number of hydrazine groups is 1. The summed E-state index contributed by atoms with van der Waals surface area (Å²) in [5.41, 5.74) is 0. The highest BCUT2D eigenvalue weighted by Crippen LogP contribution is 2.33.